The summed E-state index contributed by atoms with van der Waals surface area (Å²) in [6.07, 6.45) is 6.22. The van der Waals surface area contributed by atoms with Gasteiger partial charge in [-0.3, -0.25) is 14.4 Å². The second-order valence-corrected chi connectivity index (χ2v) is 18.4. The summed E-state index contributed by atoms with van der Waals surface area (Å²) in [5.41, 5.74) is 10.1. The monoisotopic (exact) mass is 944 g/mol. The number of thiazole rings is 2. The summed E-state index contributed by atoms with van der Waals surface area (Å²) in [5.74, 6) is -0.999. The zero-order valence-corrected chi connectivity index (χ0v) is 38.9. The molecule has 0 radical (unpaired) electrons. The summed E-state index contributed by atoms with van der Waals surface area (Å²) in [5, 5.41) is 13.2. The van der Waals surface area contributed by atoms with Gasteiger partial charge in [0.2, 0.25) is 11.8 Å². The molecule has 17 heteroatoms. The van der Waals surface area contributed by atoms with E-state index in [1.165, 1.54) is 73.0 Å². The Bertz CT molecular complexity index is 3010. The first kappa shape index (κ1) is 49.1. The summed E-state index contributed by atoms with van der Waals surface area (Å²) >= 11 is 2.56. The van der Waals surface area contributed by atoms with Gasteiger partial charge in [-0.1, -0.05) is 52.0 Å². The van der Waals surface area contributed by atoms with Gasteiger partial charge in [0.15, 0.2) is 11.6 Å². The molecule has 4 aromatic carbocycles. The first-order chi connectivity index (χ1) is 31.8. The van der Waals surface area contributed by atoms with Crippen LogP contribution in [0.2, 0.25) is 0 Å². The zero-order valence-electron chi connectivity index (χ0n) is 37.3. The number of carbonyl (C=O) groups excluding carboxylic acids is 3. The highest BCUT2D eigenvalue weighted by Gasteiger charge is 2.27. The first-order valence-corrected chi connectivity index (χ1v) is 22.3. The predicted octanol–water partition coefficient (Wildman–Crippen LogP) is 10.9. The Morgan fingerprint density at radius 1 is 0.642 bits per heavy atom. The molecule has 4 heterocycles. The second-order valence-electron chi connectivity index (χ2n) is 16.4. The molecule has 0 aliphatic rings. The molecule has 1 amide bonds. The van der Waals surface area contributed by atoms with Gasteiger partial charge in [0.25, 0.3) is 5.91 Å². The molecule has 0 unspecified atom stereocenters. The van der Waals surface area contributed by atoms with Crippen molar-refractivity contribution in [3.63, 3.8) is 0 Å². The number of hydrogen-bond donors (Lipinski definition) is 3. The fraction of sp³-hybridized carbons (Fsp3) is 0.200. The number of nitrogens with two attached hydrogens (primary N) is 1. The van der Waals surface area contributed by atoms with Crippen molar-refractivity contribution in [2.75, 3.05) is 13.1 Å². The van der Waals surface area contributed by atoms with Crippen LogP contribution in [0.1, 0.15) is 93.0 Å². The average Bonchev–Trinajstić information content (AvgIpc) is 4.17. The highest BCUT2D eigenvalue weighted by atomic mass is 32.1. The van der Waals surface area contributed by atoms with Crippen molar-refractivity contribution in [1.29, 1.82) is 0 Å². The van der Waals surface area contributed by atoms with Crippen molar-refractivity contribution in [1.82, 2.24) is 25.3 Å². The van der Waals surface area contributed by atoms with E-state index in [-0.39, 0.29) is 40.1 Å². The van der Waals surface area contributed by atoms with Crippen molar-refractivity contribution in [3.05, 3.63) is 166 Å². The molecule has 344 valence electrons. The van der Waals surface area contributed by atoms with Crippen LogP contribution in [0.15, 0.2) is 131 Å². The van der Waals surface area contributed by atoms with Gasteiger partial charge in [0.05, 0.1) is 26.7 Å². The normalized spacial score (nSPS) is 11.2. The molecule has 0 atom stereocenters. The summed E-state index contributed by atoms with van der Waals surface area (Å²) in [7, 11) is 0. The Balaban J connectivity index is 0.000000183. The lowest BCUT2D eigenvalue weighted by Gasteiger charge is -2.22. The minimum atomic E-state index is -0.977. The highest BCUT2D eigenvalue weighted by molar-refractivity contribution is 7.17. The number of nitrogens with one attached hydrogen (secondary N) is 1. The van der Waals surface area contributed by atoms with Gasteiger partial charge in [-0.25, -0.2) is 33.5 Å². The molecule has 0 aliphatic carbocycles. The van der Waals surface area contributed by atoms with Crippen LogP contribution in [0.25, 0.3) is 44.1 Å². The minimum Gasteiger partial charge on any atom is -0.478 e. The molecular weight excluding hydrogens is 899 g/mol. The van der Waals surface area contributed by atoms with Gasteiger partial charge >= 0.3 is 5.97 Å². The van der Waals surface area contributed by atoms with E-state index in [1.807, 2.05) is 33.8 Å². The van der Waals surface area contributed by atoms with Crippen LogP contribution in [0.3, 0.4) is 0 Å². The molecule has 4 aromatic heterocycles. The van der Waals surface area contributed by atoms with E-state index in [0.717, 1.165) is 16.8 Å². The number of amides is 1. The maximum absolute atomic E-state index is 13.2. The van der Waals surface area contributed by atoms with Gasteiger partial charge in [0, 0.05) is 78.0 Å². The number of benzene rings is 4. The Morgan fingerprint density at radius 3 is 1.49 bits per heavy atom. The van der Waals surface area contributed by atoms with E-state index < -0.39 is 11.4 Å². The standard InChI is InChI=1S/C25H22FN3O3S.C13H15FN2O.C12H9NO3S/c1-15(30)20-12-27-24(33-20)18-6-4-5-17(11-18)22(31)28-14-25(2,3)21-13-32-23(29-21)16-7-9-19(26)10-8-16;1-13(2,8-15)11-7-17-12(16-11)9-3-5-10(14)6-4-9;1-7(14)10-6-13-11(17-10)8-3-2-4-9(5-8)12(15)16/h4-13H,14H2,1-3H3,(H,28,31);3-7H,8,15H2,1-2H3;2-6H,1H3,(H,15,16). The average molecular weight is 945 g/mol. The quantitative estimate of drug-likeness (QED) is 0.0924. The van der Waals surface area contributed by atoms with E-state index in [0.29, 0.717) is 67.0 Å². The molecule has 0 aliphatic heterocycles. The second kappa shape index (κ2) is 21.3. The summed E-state index contributed by atoms with van der Waals surface area (Å²) in [6, 6.07) is 25.6. The van der Waals surface area contributed by atoms with Crippen LogP contribution in [0, 0.1) is 11.6 Å². The number of aromatic carboxylic acids is 1. The Hall–Kier alpha value is -7.34. The van der Waals surface area contributed by atoms with Crippen LogP contribution in [0.5, 0.6) is 0 Å². The van der Waals surface area contributed by atoms with Crippen LogP contribution in [-0.4, -0.2) is 61.6 Å². The van der Waals surface area contributed by atoms with Crippen LogP contribution in [-0.2, 0) is 10.8 Å². The summed E-state index contributed by atoms with van der Waals surface area (Å²) in [6.45, 7) is 11.7. The fourth-order valence-corrected chi connectivity index (χ4v) is 7.55. The molecule has 0 spiro atoms. The number of carbonyl (C=O) groups is 4. The number of ketones is 2. The lowest BCUT2D eigenvalue weighted by molar-refractivity contribution is 0.0696. The molecule has 4 N–H and O–H groups in total. The number of carboxylic acid groups (broad SMARTS) is 1. The number of Topliss-reactive ketones (excluding diaryl/α,β-unsaturated/α-hetero) is 2. The molecule has 8 aromatic rings. The van der Waals surface area contributed by atoms with Crippen molar-refractivity contribution in [2.24, 2.45) is 5.73 Å². The molecule has 0 saturated heterocycles. The van der Waals surface area contributed by atoms with E-state index in [1.54, 1.807) is 79.4 Å². The van der Waals surface area contributed by atoms with Gasteiger partial charge in [0.1, 0.15) is 34.2 Å². The van der Waals surface area contributed by atoms with Crippen molar-refractivity contribution >= 4 is 46.1 Å². The van der Waals surface area contributed by atoms with Gasteiger partial charge < -0.3 is 25.0 Å². The molecule has 13 nitrogen and oxygen atoms in total. The number of nitrogens with zero attached hydrogens (tertiary/aromatic N) is 4. The van der Waals surface area contributed by atoms with Gasteiger partial charge in [-0.05, 0) is 72.8 Å². The first-order valence-electron chi connectivity index (χ1n) is 20.6. The fourth-order valence-electron chi connectivity index (χ4n) is 5.94. The highest BCUT2D eigenvalue weighted by Crippen LogP contribution is 2.30. The van der Waals surface area contributed by atoms with Crippen LogP contribution < -0.4 is 11.1 Å². The van der Waals surface area contributed by atoms with Gasteiger partial charge in [-0.15, -0.1) is 22.7 Å². The third kappa shape index (κ3) is 12.7. The molecule has 67 heavy (non-hydrogen) atoms. The smallest absolute Gasteiger partial charge is 0.335 e. The Kier molecular flexibility index (Phi) is 15.6. The SMILES string of the molecule is CC(=O)c1cnc(-c2cccc(C(=O)NCC(C)(C)c3coc(-c4ccc(F)cc4)n3)c2)s1.CC(=O)c1cnc(-c2cccc(C(=O)O)c2)s1.CC(C)(CN)c1coc(-c2ccc(F)cc2)n1. The third-order valence-electron chi connectivity index (χ3n) is 10.2. The van der Waals surface area contributed by atoms with Crippen molar-refractivity contribution < 1.29 is 41.9 Å². The number of rotatable bonds is 13. The molecule has 0 saturated carbocycles. The Labute approximate surface area is 392 Å². The zero-order chi connectivity index (χ0) is 48.5. The van der Waals surface area contributed by atoms with Crippen LogP contribution in [0.4, 0.5) is 8.78 Å². The van der Waals surface area contributed by atoms with E-state index >= 15 is 0 Å². The molecule has 0 fully saturated rings. The number of oxazole rings is 2. The summed E-state index contributed by atoms with van der Waals surface area (Å²) in [4.78, 5) is 64.8. The molecular formula is C50H46F2N6O7S2. The maximum Gasteiger partial charge on any atom is 0.335 e. The van der Waals surface area contributed by atoms with E-state index in [9.17, 15) is 28.0 Å². The Morgan fingerprint density at radius 2 is 1.07 bits per heavy atom. The lowest BCUT2D eigenvalue weighted by atomic mass is 9.90. The number of halogens is 2. The topological polar surface area (TPSA) is 204 Å². The van der Waals surface area contributed by atoms with Crippen LogP contribution >= 0.6 is 22.7 Å². The van der Waals surface area contributed by atoms with Gasteiger partial charge in [-0.2, -0.15) is 0 Å². The predicted molar refractivity (Wildman–Crippen MR) is 253 cm³/mol. The number of carboxylic acids is 1. The summed E-state index contributed by atoms with van der Waals surface area (Å²) < 4.78 is 36.9. The number of hydrogen-bond acceptors (Lipinski definition) is 13. The maximum atomic E-state index is 13.2. The van der Waals surface area contributed by atoms with E-state index in [2.05, 4.69) is 25.3 Å². The van der Waals surface area contributed by atoms with Crippen molar-refractivity contribution in [2.45, 2.75) is 52.4 Å². The third-order valence-corrected chi connectivity index (χ3v) is 12.5. The number of aromatic nitrogens is 4. The molecule has 0 bridgehead atoms. The molecule has 8 rings (SSSR count). The minimum absolute atomic E-state index is 0.0367. The van der Waals surface area contributed by atoms with E-state index in [4.69, 9.17) is 19.7 Å². The van der Waals surface area contributed by atoms with Crippen molar-refractivity contribution in [3.8, 4) is 44.1 Å². The largest absolute Gasteiger partial charge is 0.478 e. The lowest BCUT2D eigenvalue weighted by Crippen LogP contribution is -2.37.